The Morgan fingerprint density at radius 1 is 1.00 bits per heavy atom. The van der Waals surface area contributed by atoms with Crippen molar-refractivity contribution in [1.29, 1.82) is 5.26 Å². The smallest absolute Gasteiger partial charge is 0.258 e. The van der Waals surface area contributed by atoms with E-state index in [1.54, 1.807) is 0 Å². The largest absolute Gasteiger partial charge is 0.340 e. The molecule has 1 saturated carbocycles. The summed E-state index contributed by atoms with van der Waals surface area (Å²) >= 11 is 0. The van der Waals surface area contributed by atoms with Gasteiger partial charge in [0.2, 0.25) is 17.6 Å². The average molecular weight is 514 g/mol. The fourth-order valence-corrected chi connectivity index (χ4v) is 4.97. The topological polar surface area (TPSA) is 102 Å². The molecule has 3 rings (SSSR count). The van der Waals surface area contributed by atoms with E-state index in [0.717, 1.165) is 0 Å². The maximum atomic E-state index is 14.2. The Morgan fingerprint density at radius 2 is 1.50 bits per heavy atom. The third-order valence-electron chi connectivity index (χ3n) is 7.14. The van der Waals surface area contributed by atoms with E-state index in [9.17, 15) is 36.3 Å². The number of carbonyl (C=O) groups excluding carboxylic acids is 3. The Labute approximate surface area is 205 Å². The minimum Gasteiger partial charge on any atom is -0.340 e. The molecular weight excluding hydrogens is 487 g/mol. The number of fused-ring (bicyclic) bond motifs is 1. The lowest BCUT2D eigenvalue weighted by Gasteiger charge is -2.37. The number of amides is 3. The molecule has 2 fully saturated rings. The third kappa shape index (κ3) is 4.40. The van der Waals surface area contributed by atoms with Gasteiger partial charge in [0.25, 0.3) is 5.91 Å². The molecule has 1 aliphatic heterocycles. The van der Waals surface area contributed by atoms with Crippen molar-refractivity contribution >= 4 is 17.7 Å². The van der Waals surface area contributed by atoms with Crippen LogP contribution in [0.1, 0.15) is 51.9 Å². The van der Waals surface area contributed by atoms with E-state index >= 15 is 0 Å². The first-order valence-electron chi connectivity index (χ1n) is 11.3. The van der Waals surface area contributed by atoms with Crippen LogP contribution < -0.4 is 10.6 Å². The summed E-state index contributed by atoms with van der Waals surface area (Å²) in [6, 6.07) is -1.41. The van der Waals surface area contributed by atoms with Crippen LogP contribution in [0.25, 0.3) is 0 Å². The van der Waals surface area contributed by atoms with Crippen molar-refractivity contribution < 1.29 is 36.3 Å². The first-order valence-corrected chi connectivity index (χ1v) is 11.3. The standard InChI is InChI=1S/C24H27F5N4O3/c1-9(7-30)31-21(35)18-12-10(24(12,5)6)8-33(18)22(36)19(23(2,3)4)32-20(34)11-13(25)15(27)17(29)16(28)14(11)26/h9-10,12,18-19H,8H2,1-6H3,(H,31,35)(H,32,34)/t9-,10-,12-,18-,19+/m0/s1. The number of hydrogen-bond donors (Lipinski definition) is 2. The van der Waals surface area contributed by atoms with Crippen molar-refractivity contribution in [3.63, 3.8) is 0 Å². The lowest BCUT2D eigenvalue weighted by atomic mass is 9.85. The summed E-state index contributed by atoms with van der Waals surface area (Å²) in [7, 11) is 0. The maximum Gasteiger partial charge on any atom is 0.258 e. The first kappa shape index (κ1) is 27.4. The molecule has 0 radical (unpaired) electrons. The van der Waals surface area contributed by atoms with Gasteiger partial charge in [0.15, 0.2) is 23.3 Å². The van der Waals surface area contributed by atoms with Crippen molar-refractivity contribution in [2.75, 3.05) is 6.54 Å². The quantitative estimate of drug-likeness (QED) is 0.358. The highest BCUT2D eigenvalue weighted by molar-refractivity contribution is 5.99. The van der Waals surface area contributed by atoms with Gasteiger partial charge in [-0.15, -0.1) is 0 Å². The molecule has 7 nitrogen and oxygen atoms in total. The molecule has 1 aromatic rings. The number of piperidine rings is 1. The zero-order valence-electron chi connectivity index (χ0n) is 20.6. The van der Waals surface area contributed by atoms with E-state index in [1.165, 1.54) is 32.6 Å². The summed E-state index contributed by atoms with van der Waals surface area (Å²) in [5, 5.41) is 13.7. The fourth-order valence-electron chi connectivity index (χ4n) is 4.97. The molecule has 0 spiro atoms. The molecule has 12 heteroatoms. The molecule has 1 heterocycles. The Hall–Kier alpha value is -3.23. The van der Waals surface area contributed by atoms with Crippen molar-refractivity contribution in [3.8, 4) is 6.07 Å². The minimum absolute atomic E-state index is 0.0407. The Kier molecular flexibility index (Phi) is 6.85. The average Bonchev–Trinajstić information content (AvgIpc) is 3.11. The molecule has 36 heavy (non-hydrogen) atoms. The maximum absolute atomic E-state index is 14.2. The number of likely N-dealkylation sites (tertiary alicyclic amines) is 1. The molecule has 5 atom stereocenters. The predicted octanol–water partition coefficient (Wildman–Crippen LogP) is 3.04. The SMILES string of the molecule is C[C@@H](C#N)NC(=O)[C@@H]1[C@@H]2[C@H](CN1C(=O)[C@@H](NC(=O)c1c(F)c(F)c(F)c(F)c1F)C(C)(C)C)C2(C)C. The predicted molar refractivity (Wildman–Crippen MR) is 116 cm³/mol. The highest BCUT2D eigenvalue weighted by Crippen LogP contribution is 2.65. The molecule has 0 aromatic heterocycles. The van der Waals surface area contributed by atoms with Crippen molar-refractivity contribution in [2.45, 2.75) is 59.7 Å². The second-order valence-electron chi connectivity index (χ2n) is 11.0. The molecule has 1 saturated heterocycles. The first-order chi connectivity index (χ1) is 16.5. The van der Waals surface area contributed by atoms with Crippen LogP contribution in [-0.2, 0) is 9.59 Å². The van der Waals surface area contributed by atoms with Crippen LogP contribution in [0.15, 0.2) is 0 Å². The van der Waals surface area contributed by atoms with E-state index in [1.807, 2.05) is 19.9 Å². The minimum atomic E-state index is -2.41. The van der Waals surface area contributed by atoms with Crippen molar-refractivity contribution in [1.82, 2.24) is 15.5 Å². The Bertz CT molecular complexity index is 1140. The van der Waals surface area contributed by atoms with E-state index in [-0.39, 0.29) is 23.8 Å². The van der Waals surface area contributed by atoms with Crippen LogP contribution in [0.4, 0.5) is 22.0 Å². The van der Waals surface area contributed by atoms with Gasteiger partial charge in [0.1, 0.15) is 23.7 Å². The van der Waals surface area contributed by atoms with E-state index in [0.29, 0.717) is 0 Å². The molecule has 0 bridgehead atoms. The second-order valence-corrected chi connectivity index (χ2v) is 11.0. The number of nitriles is 1. The number of carbonyl (C=O) groups is 3. The number of rotatable bonds is 5. The summed E-state index contributed by atoms with van der Waals surface area (Å²) in [4.78, 5) is 40.6. The van der Waals surface area contributed by atoms with Gasteiger partial charge >= 0.3 is 0 Å². The van der Waals surface area contributed by atoms with Gasteiger partial charge in [0.05, 0.1) is 6.07 Å². The van der Waals surface area contributed by atoms with Crippen LogP contribution in [0.2, 0.25) is 0 Å². The number of benzene rings is 1. The zero-order valence-corrected chi connectivity index (χ0v) is 20.6. The summed E-state index contributed by atoms with van der Waals surface area (Å²) in [5.41, 5.74) is -3.05. The van der Waals surface area contributed by atoms with Crippen LogP contribution >= 0.6 is 0 Å². The highest BCUT2D eigenvalue weighted by Gasteiger charge is 2.69. The number of halogens is 5. The van der Waals surface area contributed by atoms with Crippen molar-refractivity contribution in [2.24, 2.45) is 22.7 Å². The van der Waals surface area contributed by atoms with Gasteiger partial charge in [-0.05, 0) is 29.6 Å². The molecule has 196 valence electrons. The number of hydrogen-bond acceptors (Lipinski definition) is 4. The van der Waals surface area contributed by atoms with Gasteiger partial charge < -0.3 is 15.5 Å². The lowest BCUT2D eigenvalue weighted by Crippen LogP contribution is -2.59. The summed E-state index contributed by atoms with van der Waals surface area (Å²) < 4.78 is 69.1. The second kappa shape index (κ2) is 9.01. The lowest BCUT2D eigenvalue weighted by molar-refractivity contribution is -0.143. The molecule has 3 amide bonds. The summed E-state index contributed by atoms with van der Waals surface area (Å²) in [5.74, 6) is -14.9. The monoisotopic (exact) mass is 514 g/mol. The van der Waals surface area contributed by atoms with Crippen LogP contribution in [0.5, 0.6) is 0 Å². The highest BCUT2D eigenvalue weighted by atomic mass is 19.2. The van der Waals surface area contributed by atoms with Crippen LogP contribution in [0, 0.1) is 63.1 Å². The fraction of sp³-hybridized carbons (Fsp3) is 0.583. The van der Waals surface area contributed by atoms with E-state index in [2.05, 4.69) is 10.6 Å². The zero-order chi connectivity index (χ0) is 27.5. The summed E-state index contributed by atoms with van der Waals surface area (Å²) in [6.45, 7) is 10.1. The van der Waals surface area contributed by atoms with Gasteiger partial charge in [0, 0.05) is 6.54 Å². The van der Waals surface area contributed by atoms with E-state index in [4.69, 9.17) is 5.26 Å². The third-order valence-corrected chi connectivity index (χ3v) is 7.14. The number of nitrogens with one attached hydrogen (secondary N) is 2. The van der Waals surface area contributed by atoms with Gasteiger partial charge in [-0.1, -0.05) is 34.6 Å². The van der Waals surface area contributed by atoms with Crippen LogP contribution in [-0.4, -0.2) is 47.3 Å². The Balaban J connectivity index is 1.95. The van der Waals surface area contributed by atoms with Gasteiger partial charge in [-0.3, -0.25) is 14.4 Å². The van der Waals surface area contributed by atoms with E-state index < -0.39 is 75.9 Å². The molecule has 1 aromatic carbocycles. The van der Waals surface area contributed by atoms with Gasteiger partial charge in [-0.2, -0.15) is 5.26 Å². The molecule has 0 unspecified atom stereocenters. The normalized spacial score (nSPS) is 23.8. The number of nitrogens with zero attached hydrogens (tertiary/aromatic N) is 2. The Morgan fingerprint density at radius 3 is 1.97 bits per heavy atom. The molecule has 2 N–H and O–H groups in total. The molecular formula is C24H27F5N4O3. The van der Waals surface area contributed by atoms with Crippen molar-refractivity contribution in [3.05, 3.63) is 34.6 Å². The van der Waals surface area contributed by atoms with Crippen LogP contribution in [0.3, 0.4) is 0 Å². The molecule has 1 aliphatic carbocycles. The summed E-state index contributed by atoms with van der Waals surface area (Å²) in [6.07, 6.45) is 0. The molecule has 2 aliphatic rings. The van der Waals surface area contributed by atoms with Gasteiger partial charge in [-0.25, -0.2) is 22.0 Å².